The van der Waals surface area contributed by atoms with E-state index in [1.807, 2.05) is 0 Å². The van der Waals surface area contributed by atoms with E-state index >= 15 is 0 Å². The Balaban J connectivity index is 2.28. The van der Waals surface area contributed by atoms with Crippen LogP contribution in [0.15, 0.2) is 18.2 Å². The Morgan fingerprint density at radius 3 is 2.65 bits per heavy atom. The first kappa shape index (κ1) is 12.3. The number of nitrogens with one attached hydrogen (secondary N) is 1. The van der Waals surface area contributed by atoms with Crippen LogP contribution in [0, 0.1) is 5.82 Å². The highest BCUT2D eigenvalue weighted by Gasteiger charge is 2.35. The summed E-state index contributed by atoms with van der Waals surface area (Å²) in [5.41, 5.74) is 5.65. The average Bonchev–Trinajstić information content (AvgIpc) is 3.03. The number of nitrogens with two attached hydrogens (primary N) is 1. The van der Waals surface area contributed by atoms with Crippen molar-refractivity contribution in [1.29, 1.82) is 0 Å². The fraction of sp³-hybridized carbons (Fsp3) is 0.300. The third-order valence-corrected chi connectivity index (χ3v) is 4.54. The van der Waals surface area contributed by atoms with E-state index in [-0.39, 0.29) is 21.5 Å². The maximum absolute atomic E-state index is 13.3. The Hall–Kier alpha value is -1.21. The molecular formula is C10H11FN2O2S2. The molecule has 4 nitrogen and oxygen atoms in total. The third kappa shape index (κ3) is 2.73. The highest BCUT2D eigenvalue weighted by Crippen LogP contribution is 2.30. The summed E-state index contributed by atoms with van der Waals surface area (Å²) in [4.78, 5) is -0.102. The Labute approximate surface area is 104 Å². The zero-order valence-corrected chi connectivity index (χ0v) is 10.4. The van der Waals surface area contributed by atoms with Crippen molar-refractivity contribution in [3.8, 4) is 0 Å². The van der Waals surface area contributed by atoms with E-state index in [1.165, 1.54) is 12.1 Å². The Morgan fingerprint density at radius 1 is 1.47 bits per heavy atom. The van der Waals surface area contributed by atoms with Gasteiger partial charge in [-0.1, -0.05) is 12.2 Å². The van der Waals surface area contributed by atoms with Gasteiger partial charge in [0.15, 0.2) is 0 Å². The molecule has 0 bridgehead atoms. The molecule has 1 aliphatic rings. The summed E-state index contributed by atoms with van der Waals surface area (Å²) in [5, 5.41) is -0.333. The smallest absolute Gasteiger partial charge is 0.235 e. The van der Waals surface area contributed by atoms with Crippen LogP contribution in [0.25, 0.3) is 0 Å². The first-order chi connectivity index (χ1) is 7.90. The van der Waals surface area contributed by atoms with Crippen LogP contribution in [-0.4, -0.2) is 18.7 Å². The van der Waals surface area contributed by atoms with Crippen LogP contribution in [0.1, 0.15) is 18.4 Å². The van der Waals surface area contributed by atoms with E-state index in [0.29, 0.717) is 12.8 Å². The van der Waals surface area contributed by atoms with Crippen LogP contribution in [0.2, 0.25) is 0 Å². The van der Waals surface area contributed by atoms with Crippen LogP contribution in [0.3, 0.4) is 0 Å². The van der Waals surface area contributed by atoms with Gasteiger partial charge < -0.3 is 5.73 Å². The summed E-state index contributed by atoms with van der Waals surface area (Å²) in [6, 6.07) is 3.79. The van der Waals surface area contributed by atoms with Crippen LogP contribution in [-0.2, 0) is 10.0 Å². The van der Waals surface area contributed by atoms with Gasteiger partial charge in [-0.3, -0.25) is 4.72 Å². The zero-order chi connectivity index (χ0) is 12.6. The first-order valence-electron chi connectivity index (χ1n) is 5.01. The molecule has 7 heteroatoms. The van der Waals surface area contributed by atoms with E-state index in [2.05, 4.69) is 16.9 Å². The fourth-order valence-electron chi connectivity index (χ4n) is 1.40. The Bertz CT molecular complexity index is 568. The zero-order valence-electron chi connectivity index (χ0n) is 8.81. The van der Waals surface area contributed by atoms with Crippen LogP contribution >= 0.6 is 12.2 Å². The summed E-state index contributed by atoms with van der Waals surface area (Å²) < 4.78 is 39.0. The van der Waals surface area contributed by atoms with Crippen LogP contribution in [0.5, 0.6) is 0 Å². The van der Waals surface area contributed by atoms with E-state index < -0.39 is 15.8 Å². The number of sulfonamides is 1. The molecule has 0 amide bonds. The lowest BCUT2D eigenvalue weighted by atomic mass is 10.2. The standard InChI is InChI=1S/C10H11FN2O2S2/c11-9-4-1-6(5-8(9)10(12)16)13-17(14,15)7-2-3-7/h1,4-5,7,13H,2-3H2,(H2,12,16). The number of halogens is 1. The van der Waals surface area contributed by atoms with Crippen molar-refractivity contribution in [3.05, 3.63) is 29.6 Å². The second-order valence-electron chi connectivity index (χ2n) is 3.91. The molecule has 0 spiro atoms. The predicted molar refractivity (Wildman–Crippen MR) is 67.9 cm³/mol. The molecule has 1 aliphatic carbocycles. The van der Waals surface area contributed by atoms with Gasteiger partial charge in [-0.25, -0.2) is 12.8 Å². The lowest BCUT2D eigenvalue weighted by Gasteiger charge is -2.08. The number of hydrogen-bond acceptors (Lipinski definition) is 3. The number of thiocarbonyl (C=S) groups is 1. The van der Waals surface area contributed by atoms with E-state index in [0.717, 1.165) is 6.07 Å². The molecule has 0 saturated heterocycles. The summed E-state index contributed by atoms with van der Waals surface area (Å²) in [5.74, 6) is -0.563. The Morgan fingerprint density at radius 2 is 2.12 bits per heavy atom. The van der Waals surface area contributed by atoms with E-state index in [9.17, 15) is 12.8 Å². The molecule has 0 unspecified atom stereocenters. The highest BCUT2D eigenvalue weighted by molar-refractivity contribution is 7.93. The van der Waals surface area contributed by atoms with E-state index in [1.54, 1.807) is 0 Å². The van der Waals surface area contributed by atoms with Crippen LogP contribution < -0.4 is 10.5 Å². The normalized spacial score (nSPS) is 15.6. The number of anilines is 1. The minimum Gasteiger partial charge on any atom is -0.389 e. The molecular weight excluding hydrogens is 263 g/mol. The molecule has 3 N–H and O–H groups in total. The lowest BCUT2D eigenvalue weighted by molar-refractivity contribution is 0.599. The van der Waals surface area contributed by atoms with Crippen molar-refractivity contribution < 1.29 is 12.8 Å². The Kier molecular flexibility index (Phi) is 3.05. The minimum atomic E-state index is -3.35. The SMILES string of the molecule is NC(=S)c1cc(NS(=O)(=O)C2CC2)ccc1F. The van der Waals surface area contributed by atoms with Gasteiger partial charge in [-0.2, -0.15) is 0 Å². The summed E-state index contributed by atoms with van der Waals surface area (Å²) in [6.07, 6.45) is 1.33. The van der Waals surface area contributed by atoms with Gasteiger partial charge in [0.1, 0.15) is 10.8 Å². The second-order valence-corrected chi connectivity index (χ2v) is 6.31. The molecule has 92 valence electrons. The average molecular weight is 274 g/mol. The molecule has 1 aromatic rings. The monoisotopic (exact) mass is 274 g/mol. The highest BCUT2D eigenvalue weighted by atomic mass is 32.2. The molecule has 1 fully saturated rings. The molecule has 1 saturated carbocycles. The molecule has 0 radical (unpaired) electrons. The summed E-state index contributed by atoms with van der Waals surface area (Å²) >= 11 is 4.67. The van der Waals surface area contributed by atoms with Crippen molar-refractivity contribution in [1.82, 2.24) is 0 Å². The van der Waals surface area contributed by atoms with Gasteiger partial charge in [-0.05, 0) is 31.0 Å². The number of benzene rings is 1. The first-order valence-corrected chi connectivity index (χ1v) is 6.96. The largest absolute Gasteiger partial charge is 0.389 e. The summed E-state index contributed by atoms with van der Waals surface area (Å²) in [7, 11) is -3.35. The predicted octanol–water partition coefficient (Wildman–Crippen LogP) is 1.36. The number of rotatable bonds is 4. The molecule has 0 heterocycles. The van der Waals surface area contributed by atoms with E-state index in [4.69, 9.17) is 5.73 Å². The molecule has 2 rings (SSSR count). The maximum Gasteiger partial charge on any atom is 0.235 e. The quantitative estimate of drug-likeness (QED) is 0.813. The van der Waals surface area contributed by atoms with Gasteiger partial charge in [0.05, 0.1) is 5.25 Å². The summed E-state index contributed by atoms with van der Waals surface area (Å²) in [6.45, 7) is 0. The van der Waals surface area contributed by atoms with Gasteiger partial charge in [0.2, 0.25) is 10.0 Å². The lowest BCUT2D eigenvalue weighted by Crippen LogP contribution is -2.18. The second kappa shape index (κ2) is 4.23. The molecule has 0 atom stereocenters. The van der Waals surface area contributed by atoms with Gasteiger partial charge in [-0.15, -0.1) is 0 Å². The fourth-order valence-corrected chi connectivity index (χ4v) is 2.94. The van der Waals surface area contributed by atoms with Gasteiger partial charge in [0, 0.05) is 11.3 Å². The molecule has 17 heavy (non-hydrogen) atoms. The van der Waals surface area contributed by atoms with Gasteiger partial charge in [0.25, 0.3) is 0 Å². The molecule has 0 aliphatic heterocycles. The third-order valence-electron chi connectivity index (χ3n) is 2.46. The van der Waals surface area contributed by atoms with Crippen molar-refractivity contribution in [2.24, 2.45) is 5.73 Å². The molecule has 1 aromatic carbocycles. The maximum atomic E-state index is 13.3. The van der Waals surface area contributed by atoms with Crippen LogP contribution in [0.4, 0.5) is 10.1 Å². The van der Waals surface area contributed by atoms with Crippen molar-refractivity contribution >= 4 is 32.9 Å². The van der Waals surface area contributed by atoms with Crippen molar-refractivity contribution in [3.63, 3.8) is 0 Å². The number of hydrogen-bond donors (Lipinski definition) is 2. The van der Waals surface area contributed by atoms with Gasteiger partial charge >= 0.3 is 0 Å². The topological polar surface area (TPSA) is 72.2 Å². The minimum absolute atomic E-state index is 0.0380. The molecule has 0 aromatic heterocycles. The van der Waals surface area contributed by atoms with Crippen molar-refractivity contribution in [2.45, 2.75) is 18.1 Å². The van der Waals surface area contributed by atoms with Crippen molar-refractivity contribution in [2.75, 3.05) is 4.72 Å².